The fourth-order valence-electron chi connectivity index (χ4n) is 2.27. The monoisotopic (exact) mass is 234 g/mol. The minimum atomic E-state index is 0.0136. The van der Waals surface area contributed by atoms with Gasteiger partial charge in [-0.15, -0.1) is 0 Å². The summed E-state index contributed by atoms with van der Waals surface area (Å²) < 4.78 is 5.21. The molecule has 3 rings (SSSR count). The van der Waals surface area contributed by atoms with Crippen LogP contribution >= 0.6 is 0 Å². The van der Waals surface area contributed by atoms with Gasteiger partial charge in [-0.1, -0.05) is 0 Å². The zero-order valence-corrected chi connectivity index (χ0v) is 10.4. The van der Waals surface area contributed by atoms with Crippen LogP contribution in [0.5, 0.6) is 0 Å². The Morgan fingerprint density at radius 3 is 3.00 bits per heavy atom. The Bertz CT molecular complexity index is 431. The molecule has 0 amide bonds. The molecule has 5 nitrogen and oxygen atoms in total. The molecule has 0 bridgehead atoms. The first-order valence-electron chi connectivity index (χ1n) is 6.04. The second-order valence-electron chi connectivity index (χ2n) is 5.33. The molecular weight excluding hydrogens is 216 g/mol. The summed E-state index contributed by atoms with van der Waals surface area (Å²) in [6.07, 6.45) is 2.96. The molecule has 5 heteroatoms. The van der Waals surface area contributed by atoms with Crippen LogP contribution in [0.15, 0.2) is 6.20 Å². The van der Waals surface area contributed by atoms with E-state index in [-0.39, 0.29) is 5.54 Å². The van der Waals surface area contributed by atoms with E-state index < -0.39 is 0 Å². The minimum Gasteiger partial charge on any atom is -0.376 e. The van der Waals surface area contributed by atoms with Gasteiger partial charge in [0.25, 0.3) is 0 Å². The van der Waals surface area contributed by atoms with Crippen LogP contribution in [0, 0.1) is 0 Å². The van der Waals surface area contributed by atoms with Gasteiger partial charge in [0.15, 0.2) is 0 Å². The van der Waals surface area contributed by atoms with Gasteiger partial charge in [-0.25, -0.2) is 9.97 Å². The quantitative estimate of drug-likeness (QED) is 0.815. The highest BCUT2D eigenvalue weighted by Crippen LogP contribution is 2.22. The average Bonchev–Trinajstić information content (AvgIpc) is 2.27. The number of ether oxygens (including phenoxy) is 1. The molecule has 0 saturated carbocycles. The van der Waals surface area contributed by atoms with Gasteiger partial charge in [-0.3, -0.25) is 0 Å². The lowest BCUT2D eigenvalue weighted by Gasteiger charge is -2.38. The molecule has 0 aromatic carbocycles. The molecule has 0 unspecified atom stereocenters. The van der Waals surface area contributed by atoms with Crippen molar-refractivity contribution in [1.82, 2.24) is 14.9 Å². The molecule has 1 fully saturated rings. The lowest BCUT2D eigenvalue weighted by molar-refractivity contribution is -0.0322. The van der Waals surface area contributed by atoms with Gasteiger partial charge < -0.3 is 15.0 Å². The second-order valence-corrected chi connectivity index (χ2v) is 5.33. The highest BCUT2D eigenvalue weighted by molar-refractivity contribution is 5.34. The molecule has 1 aromatic rings. The number of rotatable bonds is 2. The topological polar surface area (TPSA) is 50.3 Å². The number of hydrogen-bond acceptors (Lipinski definition) is 5. The molecule has 2 aliphatic heterocycles. The summed E-state index contributed by atoms with van der Waals surface area (Å²) in [6.45, 7) is 5.62. The van der Waals surface area contributed by atoms with E-state index in [2.05, 4.69) is 34.2 Å². The van der Waals surface area contributed by atoms with Crippen molar-refractivity contribution in [2.45, 2.75) is 25.4 Å². The Balaban J connectivity index is 1.79. The molecule has 0 spiro atoms. The van der Waals surface area contributed by atoms with E-state index in [4.69, 9.17) is 4.74 Å². The van der Waals surface area contributed by atoms with E-state index in [0.29, 0.717) is 0 Å². The Morgan fingerprint density at radius 2 is 2.29 bits per heavy atom. The molecule has 0 atom stereocenters. The first kappa shape index (κ1) is 10.9. The SMILES string of the molecule is CN1CCc2nc(NC3(C)COC3)ncc2C1. The molecule has 2 aliphatic rings. The fraction of sp³-hybridized carbons (Fsp3) is 0.667. The number of nitrogens with zero attached hydrogens (tertiary/aromatic N) is 3. The van der Waals surface area contributed by atoms with Crippen molar-refractivity contribution < 1.29 is 4.74 Å². The standard InChI is InChI=1S/C12H18N4O/c1-12(7-17-8-12)15-11-13-5-9-6-16(2)4-3-10(9)14-11/h5H,3-4,6-8H2,1-2H3,(H,13,14,15). The van der Waals surface area contributed by atoms with Crippen LogP contribution in [0.3, 0.4) is 0 Å². The summed E-state index contributed by atoms with van der Waals surface area (Å²) in [5.74, 6) is 0.735. The van der Waals surface area contributed by atoms with Crippen molar-refractivity contribution in [1.29, 1.82) is 0 Å². The molecule has 1 aromatic heterocycles. The zero-order chi connectivity index (χ0) is 11.9. The Hall–Kier alpha value is -1.20. The highest BCUT2D eigenvalue weighted by atomic mass is 16.5. The van der Waals surface area contributed by atoms with Gasteiger partial charge >= 0.3 is 0 Å². The van der Waals surface area contributed by atoms with Gasteiger partial charge in [0.05, 0.1) is 24.4 Å². The first-order chi connectivity index (χ1) is 8.15. The summed E-state index contributed by atoms with van der Waals surface area (Å²) in [4.78, 5) is 11.3. The Morgan fingerprint density at radius 1 is 1.47 bits per heavy atom. The lowest BCUT2D eigenvalue weighted by Crippen LogP contribution is -2.53. The third-order valence-corrected chi connectivity index (χ3v) is 3.38. The third kappa shape index (κ3) is 2.12. The summed E-state index contributed by atoms with van der Waals surface area (Å²) in [6, 6.07) is 0. The highest BCUT2D eigenvalue weighted by Gasteiger charge is 2.34. The second kappa shape index (κ2) is 3.92. The molecule has 17 heavy (non-hydrogen) atoms. The van der Waals surface area contributed by atoms with E-state index >= 15 is 0 Å². The summed E-state index contributed by atoms with van der Waals surface area (Å²) in [7, 11) is 2.13. The predicted molar refractivity (Wildman–Crippen MR) is 64.9 cm³/mol. The first-order valence-corrected chi connectivity index (χ1v) is 6.04. The lowest BCUT2D eigenvalue weighted by atomic mass is 10.0. The Kier molecular flexibility index (Phi) is 2.52. The van der Waals surface area contributed by atoms with E-state index in [0.717, 1.165) is 38.7 Å². The van der Waals surface area contributed by atoms with Gasteiger partial charge in [-0.2, -0.15) is 0 Å². The van der Waals surface area contributed by atoms with Gasteiger partial charge in [-0.05, 0) is 14.0 Å². The smallest absolute Gasteiger partial charge is 0.223 e. The molecule has 1 N–H and O–H groups in total. The van der Waals surface area contributed by atoms with Crippen LogP contribution in [0.2, 0.25) is 0 Å². The van der Waals surface area contributed by atoms with Crippen molar-refractivity contribution >= 4 is 5.95 Å². The number of likely N-dealkylation sites (N-methyl/N-ethyl adjacent to an activating group) is 1. The molecule has 3 heterocycles. The average molecular weight is 234 g/mol. The van der Waals surface area contributed by atoms with Crippen molar-refractivity contribution in [2.75, 3.05) is 32.1 Å². The van der Waals surface area contributed by atoms with E-state index in [1.807, 2.05) is 6.20 Å². The van der Waals surface area contributed by atoms with Crippen LogP contribution in [-0.4, -0.2) is 47.2 Å². The van der Waals surface area contributed by atoms with Gasteiger partial charge in [0, 0.05) is 31.3 Å². The number of nitrogens with one attached hydrogen (secondary N) is 1. The summed E-state index contributed by atoms with van der Waals surface area (Å²) in [5, 5.41) is 3.36. The number of fused-ring (bicyclic) bond motifs is 1. The maximum Gasteiger partial charge on any atom is 0.223 e. The van der Waals surface area contributed by atoms with Crippen LogP contribution in [0.25, 0.3) is 0 Å². The van der Waals surface area contributed by atoms with Crippen LogP contribution in [0.4, 0.5) is 5.95 Å². The van der Waals surface area contributed by atoms with Crippen molar-refractivity contribution in [3.63, 3.8) is 0 Å². The third-order valence-electron chi connectivity index (χ3n) is 3.38. The normalized spacial score (nSPS) is 22.7. The summed E-state index contributed by atoms with van der Waals surface area (Å²) in [5.41, 5.74) is 2.45. The van der Waals surface area contributed by atoms with Crippen LogP contribution in [-0.2, 0) is 17.7 Å². The number of aromatic nitrogens is 2. The van der Waals surface area contributed by atoms with Gasteiger partial charge in [0.1, 0.15) is 0 Å². The van der Waals surface area contributed by atoms with Gasteiger partial charge in [0.2, 0.25) is 5.95 Å². The van der Waals surface area contributed by atoms with E-state index in [9.17, 15) is 0 Å². The zero-order valence-electron chi connectivity index (χ0n) is 10.4. The summed E-state index contributed by atoms with van der Waals surface area (Å²) >= 11 is 0. The van der Waals surface area contributed by atoms with Crippen molar-refractivity contribution in [3.05, 3.63) is 17.5 Å². The van der Waals surface area contributed by atoms with E-state index in [1.165, 1.54) is 11.3 Å². The van der Waals surface area contributed by atoms with Crippen molar-refractivity contribution in [2.24, 2.45) is 0 Å². The molecule has 0 aliphatic carbocycles. The number of hydrogen-bond donors (Lipinski definition) is 1. The maximum absolute atomic E-state index is 5.21. The van der Waals surface area contributed by atoms with Crippen LogP contribution < -0.4 is 5.32 Å². The molecular formula is C12H18N4O. The largest absolute Gasteiger partial charge is 0.376 e. The Labute approximate surface area is 101 Å². The molecule has 1 saturated heterocycles. The fourth-order valence-corrected chi connectivity index (χ4v) is 2.27. The molecule has 92 valence electrons. The van der Waals surface area contributed by atoms with Crippen molar-refractivity contribution in [3.8, 4) is 0 Å². The maximum atomic E-state index is 5.21. The van der Waals surface area contributed by atoms with Crippen LogP contribution in [0.1, 0.15) is 18.2 Å². The number of anilines is 1. The molecule has 0 radical (unpaired) electrons. The predicted octanol–water partition coefficient (Wildman–Crippen LogP) is 0.665. The minimum absolute atomic E-state index is 0.0136. The van der Waals surface area contributed by atoms with E-state index in [1.54, 1.807) is 0 Å².